The van der Waals surface area contributed by atoms with E-state index in [4.69, 9.17) is 4.74 Å². The van der Waals surface area contributed by atoms with E-state index < -0.39 is 5.60 Å². The van der Waals surface area contributed by atoms with Gasteiger partial charge in [-0.3, -0.25) is 4.79 Å². The second-order valence-electron chi connectivity index (χ2n) is 4.88. The molecule has 1 aliphatic rings. The van der Waals surface area contributed by atoms with Crippen LogP contribution in [0.2, 0.25) is 0 Å². The van der Waals surface area contributed by atoms with Crippen LogP contribution in [-0.2, 0) is 4.79 Å². The summed E-state index contributed by atoms with van der Waals surface area (Å²) >= 11 is 0. The number of amides is 1. The van der Waals surface area contributed by atoms with Crippen LogP contribution in [-0.4, -0.2) is 41.2 Å². The van der Waals surface area contributed by atoms with Crippen molar-refractivity contribution in [3.63, 3.8) is 0 Å². The van der Waals surface area contributed by atoms with Crippen LogP contribution in [0.4, 0.5) is 4.39 Å². The van der Waals surface area contributed by atoms with Crippen LogP contribution >= 0.6 is 0 Å². The fourth-order valence-corrected chi connectivity index (χ4v) is 2.01. The van der Waals surface area contributed by atoms with Gasteiger partial charge in [-0.25, -0.2) is 4.39 Å². The molecule has 1 aromatic rings. The second kappa shape index (κ2) is 5.57. The molecule has 0 bridgehead atoms. The van der Waals surface area contributed by atoms with Crippen LogP contribution in [0.1, 0.15) is 19.8 Å². The van der Waals surface area contributed by atoms with Gasteiger partial charge in [-0.15, -0.1) is 0 Å². The van der Waals surface area contributed by atoms with E-state index in [1.165, 1.54) is 24.3 Å². The van der Waals surface area contributed by atoms with E-state index in [1.807, 2.05) is 6.92 Å². The molecule has 1 aromatic carbocycles. The molecule has 0 spiro atoms. The highest BCUT2D eigenvalue weighted by atomic mass is 19.1. The molecule has 0 unspecified atom stereocenters. The Balaban J connectivity index is 1.69. The van der Waals surface area contributed by atoms with Gasteiger partial charge in [-0.1, -0.05) is 6.92 Å². The zero-order valence-corrected chi connectivity index (χ0v) is 10.9. The van der Waals surface area contributed by atoms with Crippen molar-refractivity contribution >= 4 is 5.91 Å². The third-order valence-corrected chi connectivity index (χ3v) is 3.38. The number of carbonyl (C=O) groups is 1. The average Bonchev–Trinajstić information content (AvgIpc) is 2.37. The lowest BCUT2D eigenvalue weighted by atomic mass is 9.91. The van der Waals surface area contributed by atoms with Gasteiger partial charge in [0.05, 0.1) is 31.7 Å². The number of β-amino-alcohol motifs (C(OH)–C–C–N with tert-alkyl or cyclic N) is 1. The Hall–Kier alpha value is -1.62. The third-order valence-electron chi connectivity index (χ3n) is 3.38. The lowest BCUT2D eigenvalue weighted by Crippen LogP contribution is -2.63. The zero-order valence-electron chi connectivity index (χ0n) is 10.9. The summed E-state index contributed by atoms with van der Waals surface area (Å²) in [6.45, 7) is 2.96. The molecule has 1 saturated heterocycles. The predicted octanol–water partition coefficient (Wildman–Crippen LogP) is 1.58. The topological polar surface area (TPSA) is 49.8 Å². The Kier molecular flexibility index (Phi) is 4.04. The van der Waals surface area contributed by atoms with Crippen LogP contribution < -0.4 is 4.74 Å². The highest BCUT2D eigenvalue weighted by molar-refractivity contribution is 5.77. The molecule has 1 amide bonds. The van der Waals surface area contributed by atoms with E-state index in [-0.39, 0.29) is 24.8 Å². The first-order valence-corrected chi connectivity index (χ1v) is 6.41. The molecule has 0 aromatic heterocycles. The van der Waals surface area contributed by atoms with Crippen LogP contribution in [0.3, 0.4) is 0 Å². The van der Waals surface area contributed by atoms with Gasteiger partial charge in [0.2, 0.25) is 5.91 Å². The minimum atomic E-state index is -0.701. The molecule has 104 valence electrons. The zero-order chi connectivity index (χ0) is 13.9. The minimum absolute atomic E-state index is 0.0276. The Labute approximate surface area is 111 Å². The van der Waals surface area contributed by atoms with E-state index in [9.17, 15) is 14.3 Å². The maximum atomic E-state index is 12.7. The summed E-state index contributed by atoms with van der Waals surface area (Å²) in [4.78, 5) is 13.4. The second-order valence-corrected chi connectivity index (χ2v) is 4.88. The molecule has 1 aliphatic heterocycles. The first-order chi connectivity index (χ1) is 9.02. The fraction of sp³-hybridized carbons (Fsp3) is 0.500. The molecule has 0 radical (unpaired) electrons. The van der Waals surface area contributed by atoms with Crippen molar-refractivity contribution in [1.82, 2.24) is 4.90 Å². The summed E-state index contributed by atoms with van der Waals surface area (Å²) in [5.41, 5.74) is -0.701. The van der Waals surface area contributed by atoms with Gasteiger partial charge in [0.25, 0.3) is 0 Å². The Morgan fingerprint density at radius 3 is 2.63 bits per heavy atom. The Bertz CT molecular complexity index is 441. The summed E-state index contributed by atoms with van der Waals surface area (Å²) in [7, 11) is 0. The normalized spacial score (nSPS) is 16.9. The molecule has 0 atom stereocenters. The quantitative estimate of drug-likeness (QED) is 0.881. The molecule has 2 rings (SSSR count). The number of ether oxygens (including phenoxy) is 1. The van der Waals surface area contributed by atoms with Gasteiger partial charge in [-0.2, -0.15) is 0 Å². The lowest BCUT2D eigenvalue weighted by Gasteiger charge is -2.46. The number of rotatable bonds is 5. The standard InChI is InChI=1S/C14H18FNO3/c1-2-14(18)9-16(10-14)13(17)7-8-19-12-5-3-11(15)4-6-12/h3-6,18H,2,7-10H2,1H3. The van der Waals surface area contributed by atoms with Crippen LogP contribution in [0.15, 0.2) is 24.3 Å². The van der Waals surface area contributed by atoms with Crippen molar-refractivity contribution in [2.75, 3.05) is 19.7 Å². The number of aliphatic hydroxyl groups is 1. The SMILES string of the molecule is CCC1(O)CN(C(=O)CCOc2ccc(F)cc2)C1. The van der Waals surface area contributed by atoms with Crippen molar-refractivity contribution in [3.05, 3.63) is 30.1 Å². The van der Waals surface area contributed by atoms with Crippen molar-refractivity contribution in [1.29, 1.82) is 0 Å². The van der Waals surface area contributed by atoms with Crippen LogP contribution in [0.25, 0.3) is 0 Å². The summed E-state index contributed by atoms with van der Waals surface area (Å²) in [6.07, 6.45) is 0.917. The Morgan fingerprint density at radius 2 is 2.05 bits per heavy atom. The summed E-state index contributed by atoms with van der Waals surface area (Å²) in [6, 6.07) is 5.68. The molecule has 0 aliphatic carbocycles. The highest BCUT2D eigenvalue weighted by Crippen LogP contribution is 2.24. The van der Waals surface area contributed by atoms with E-state index in [1.54, 1.807) is 4.90 Å². The number of carbonyl (C=O) groups excluding carboxylic acids is 1. The minimum Gasteiger partial charge on any atom is -0.493 e. The van der Waals surface area contributed by atoms with Gasteiger partial charge >= 0.3 is 0 Å². The van der Waals surface area contributed by atoms with Gasteiger partial charge in [0.1, 0.15) is 11.6 Å². The number of nitrogens with zero attached hydrogens (tertiary/aromatic N) is 1. The monoisotopic (exact) mass is 267 g/mol. The van der Waals surface area contributed by atoms with Gasteiger partial charge in [-0.05, 0) is 30.7 Å². The predicted molar refractivity (Wildman–Crippen MR) is 68.3 cm³/mol. The van der Waals surface area contributed by atoms with E-state index in [0.29, 0.717) is 25.3 Å². The molecule has 1 N–H and O–H groups in total. The first-order valence-electron chi connectivity index (χ1n) is 6.41. The fourth-order valence-electron chi connectivity index (χ4n) is 2.01. The van der Waals surface area contributed by atoms with E-state index >= 15 is 0 Å². The maximum Gasteiger partial charge on any atom is 0.226 e. The lowest BCUT2D eigenvalue weighted by molar-refractivity contribution is -0.156. The largest absolute Gasteiger partial charge is 0.493 e. The molecule has 5 heteroatoms. The molecular formula is C14H18FNO3. The van der Waals surface area contributed by atoms with Crippen LogP contribution in [0.5, 0.6) is 5.75 Å². The molecular weight excluding hydrogens is 249 g/mol. The third kappa shape index (κ3) is 3.44. The van der Waals surface area contributed by atoms with Crippen molar-refractivity contribution < 1.29 is 19.0 Å². The number of benzene rings is 1. The van der Waals surface area contributed by atoms with E-state index in [2.05, 4.69) is 0 Å². The van der Waals surface area contributed by atoms with Crippen molar-refractivity contribution in [3.8, 4) is 5.75 Å². The summed E-state index contributed by atoms with van der Waals surface area (Å²) in [5, 5.41) is 9.81. The number of halogens is 1. The molecule has 4 nitrogen and oxygen atoms in total. The molecule has 0 saturated carbocycles. The average molecular weight is 267 g/mol. The van der Waals surface area contributed by atoms with Crippen molar-refractivity contribution in [2.24, 2.45) is 0 Å². The summed E-state index contributed by atoms with van der Waals surface area (Å²) in [5.74, 6) is 0.200. The first kappa shape index (κ1) is 13.8. The Morgan fingerprint density at radius 1 is 1.42 bits per heavy atom. The van der Waals surface area contributed by atoms with E-state index in [0.717, 1.165) is 0 Å². The maximum absolute atomic E-state index is 12.7. The number of likely N-dealkylation sites (tertiary alicyclic amines) is 1. The van der Waals surface area contributed by atoms with Crippen molar-refractivity contribution in [2.45, 2.75) is 25.4 Å². The number of hydrogen-bond acceptors (Lipinski definition) is 3. The number of hydrogen-bond donors (Lipinski definition) is 1. The van der Waals surface area contributed by atoms with Gasteiger partial charge in [0, 0.05) is 0 Å². The van der Waals surface area contributed by atoms with Gasteiger partial charge < -0.3 is 14.7 Å². The summed E-state index contributed by atoms with van der Waals surface area (Å²) < 4.78 is 18.0. The smallest absolute Gasteiger partial charge is 0.226 e. The van der Waals surface area contributed by atoms with Crippen LogP contribution in [0, 0.1) is 5.82 Å². The molecule has 1 fully saturated rings. The molecule has 1 heterocycles. The molecule has 19 heavy (non-hydrogen) atoms. The highest BCUT2D eigenvalue weighted by Gasteiger charge is 2.41. The van der Waals surface area contributed by atoms with Gasteiger partial charge in [0.15, 0.2) is 0 Å².